The van der Waals surface area contributed by atoms with Crippen molar-refractivity contribution in [3.05, 3.63) is 35.9 Å². The average Bonchev–Trinajstić information content (AvgIpc) is 2.83. The summed E-state index contributed by atoms with van der Waals surface area (Å²) in [4.78, 5) is 19.3. The highest BCUT2D eigenvalue weighted by Crippen LogP contribution is 2.28. The number of aromatic nitrogens is 2. The van der Waals surface area contributed by atoms with Crippen LogP contribution < -0.4 is 19.3 Å². The third-order valence-corrected chi connectivity index (χ3v) is 6.26. The fraction of sp³-hybridized carbons (Fsp3) is 0.522. The lowest BCUT2D eigenvalue weighted by Gasteiger charge is -2.36. The Hall–Kier alpha value is -3.03. The Bertz CT molecular complexity index is 897. The lowest BCUT2D eigenvalue weighted by molar-refractivity contribution is 0.0746. The molecular weight excluding hydrogens is 394 g/mol. The molecule has 1 aromatic heterocycles. The van der Waals surface area contributed by atoms with Crippen LogP contribution >= 0.6 is 0 Å². The van der Waals surface area contributed by atoms with Crippen LogP contribution in [0.25, 0.3) is 0 Å². The van der Waals surface area contributed by atoms with Crippen LogP contribution in [0.3, 0.4) is 0 Å². The minimum atomic E-state index is 0.00104. The second-order valence-electron chi connectivity index (χ2n) is 8.14. The van der Waals surface area contributed by atoms with Gasteiger partial charge in [-0.25, -0.2) is 0 Å². The van der Waals surface area contributed by atoms with E-state index in [1.165, 1.54) is 19.3 Å². The van der Waals surface area contributed by atoms with E-state index >= 15 is 0 Å². The summed E-state index contributed by atoms with van der Waals surface area (Å²) in [5.74, 6) is 3.00. The zero-order valence-electron chi connectivity index (χ0n) is 18.6. The molecule has 0 N–H and O–H groups in total. The minimum Gasteiger partial charge on any atom is -0.493 e. The van der Waals surface area contributed by atoms with Crippen LogP contribution in [0.15, 0.2) is 30.3 Å². The molecule has 1 unspecified atom stereocenters. The number of benzene rings is 1. The van der Waals surface area contributed by atoms with E-state index in [1.54, 1.807) is 32.4 Å². The number of rotatable bonds is 5. The number of carbonyl (C=O) groups is 1. The maximum atomic E-state index is 12.9. The van der Waals surface area contributed by atoms with E-state index < -0.39 is 0 Å². The largest absolute Gasteiger partial charge is 0.493 e. The number of nitrogens with zero attached hydrogens (tertiary/aromatic N) is 5. The third kappa shape index (κ3) is 4.52. The van der Waals surface area contributed by atoms with Crippen molar-refractivity contribution in [2.75, 3.05) is 56.7 Å². The molecule has 8 heteroatoms. The predicted octanol–water partition coefficient (Wildman–Crippen LogP) is 2.84. The first-order chi connectivity index (χ1) is 15.1. The summed E-state index contributed by atoms with van der Waals surface area (Å²) in [6.07, 6.45) is 3.71. The lowest BCUT2D eigenvalue weighted by Crippen LogP contribution is -2.49. The Labute approximate surface area is 183 Å². The molecule has 2 aliphatic heterocycles. The van der Waals surface area contributed by atoms with Crippen LogP contribution in [0.5, 0.6) is 11.5 Å². The van der Waals surface area contributed by atoms with Gasteiger partial charge in [0.25, 0.3) is 5.91 Å². The van der Waals surface area contributed by atoms with Gasteiger partial charge in [-0.1, -0.05) is 0 Å². The Morgan fingerprint density at radius 2 is 1.61 bits per heavy atom. The highest BCUT2D eigenvalue weighted by molar-refractivity contribution is 5.95. The normalized spacial score (nSPS) is 19.3. The molecule has 1 atom stereocenters. The number of piperidine rings is 1. The van der Waals surface area contributed by atoms with Gasteiger partial charge in [-0.3, -0.25) is 4.79 Å². The summed E-state index contributed by atoms with van der Waals surface area (Å²) in [6, 6.07) is 9.92. The minimum absolute atomic E-state index is 0.00104. The maximum Gasteiger partial charge on any atom is 0.254 e. The van der Waals surface area contributed by atoms with Crippen LogP contribution in [-0.2, 0) is 0 Å². The maximum absolute atomic E-state index is 12.9. The smallest absolute Gasteiger partial charge is 0.254 e. The number of hydrogen-bond acceptors (Lipinski definition) is 7. The van der Waals surface area contributed by atoms with Crippen molar-refractivity contribution < 1.29 is 14.3 Å². The van der Waals surface area contributed by atoms with Gasteiger partial charge in [0.05, 0.1) is 14.2 Å². The highest BCUT2D eigenvalue weighted by atomic mass is 16.5. The molecular formula is C23H31N5O3. The predicted molar refractivity (Wildman–Crippen MR) is 120 cm³/mol. The summed E-state index contributed by atoms with van der Waals surface area (Å²) in [5.41, 5.74) is 0.603. The molecule has 2 saturated heterocycles. The third-order valence-electron chi connectivity index (χ3n) is 6.26. The average molecular weight is 426 g/mol. The van der Waals surface area contributed by atoms with Gasteiger partial charge in [0, 0.05) is 44.3 Å². The van der Waals surface area contributed by atoms with Gasteiger partial charge in [-0.05, 0) is 56.5 Å². The van der Waals surface area contributed by atoms with E-state index in [-0.39, 0.29) is 5.91 Å². The fourth-order valence-electron chi connectivity index (χ4n) is 4.37. The number of amides is 1. The van der Waals surface area contributed by atoms with E-state index in [0.717, 1.165) is 31.3 Å². The van der Waals surface area contributed by atoms with Crippen molar-refractivity contribution in [1.82, 2.24) is 15.1 Å². The first-order valence-corrected chi connectivity index (χ1v) is 11.0. The van der Waals surface area contributed by atoms with Gasteiger partial charge in [-0.15, -0.1) is 10.2 Å². The Morgan fingerprint density at radius 1 is 0.903 bits per heavy atom. The highest BCUT2D eigenvalue weighted by Gasteiger charge is 2.25. The monoisotopic (exact) mass is 425 g/mol. The van der Waals surface area contributed by atoms with Crippen molar-refractivity contribution in [2.45, 2.75) is 32.2 Å². The zero-order valence-corrected chi connectivity index (χ0v) is 18.6. The molecule has 8 nitrogen and oxygen atoms in total. The number of hydrogen-bond donors (Lipinski definition) is 0. The van der Waals surface area contributed by atoms with E-state index in [0.29, 0.717) is 36.2 Å². The molecule has 0 radical (unpaired) electrons. The molecule has 2 aromatic rings. The van der Waals surface area contributed by atoms with E-state index in [2.05, 4.69) is 39.1 Å². The van der Waals surface area contributed by atoms with Crippen molar-refractivity contribution in [3.63, 3.8) is 0 Å². The first-order valence-electron chi connectivity index (χ1n) is 11.0. The van der Waals surface area contributed by atoms with Crippen LogP contribution in [0.2, 0.25) is 0 Å². The second kappa shape index (κ2) is 9.41. The van der Waals surface area contributed by atoms with Crippen LogP contribution in [0, 0.1) is 0 Å². The summed E-state index contributed by atoms with van der Waals surface area (Å²) >= 11 is 0. The number of ether oxygens (including phenoxy) is 2. The molecule has 31 heavy (non-hydrogen) atoms. The second-order valence-corrected chi connectivity index (χ2v) is 8.14. The molecule has 4 rings (SSSR count). The molecule has 1 amide bonds. The zero-order chi connectivity index (χ0) is 21.8. The van der Waals surface area contributed by atoms with Crippen LogP contribution in [-0.4, -0.2) is 74.0 Å². The quantitative estimate of drug-likeness (QED) is 0.729. The number of carbonyl (C=O) groups excluding carboxylic acids is 1. The van der Waals surface area contributed by atoms with E-state index in [4.69, 9.17) is 9.47 Å². The van der Waals surface area contributed by atoms with Crippen molar-refractivity contribution in [1.29, 1.82) is 0 Å². The Kier molecular flexibility index (Phi) is 6.44. The molecule has 2 aliphatic rings. The number of piperazine rings is 1. The summed E-state index contributed by atoms with van der Waals surface area (Å²) in [7, 11) is 3.16. The standard InChI is InChI=1S/C23H31N5O3/c1-17-6-4-5-11-28(17)22-10-9-21(24-25-22)26-12-14-27(15-13-26)23(29)18-7-8-19(30-2)20(16-18)31-3/h7-10,16-17H,4-6,11-15H2,1-3H3. The number of methoxy groups -OCH3 is 2. The van der Waals surface area contributed by atoms with Crippen LogP contribution in [0.1, 0.15) is 36.5 Å². The Morgan fingerprint density at radius 3 is 2.26 bits per heavy atom. The van der Waals surface area contributed by atoms with Crippen molar-refractivity contribution in [2.24, 2.45) is 0 Å². The van der Waals surface area contributed by atoms with Crippen molar-refractivity contribution >= 4 is 17.5 Å². The van der Waals surface area contributed by atoms with Gasteiger partial charge < -0.3 is 24.2 Å². The topological polar surface area (TPSA) is 71.0 Å². The van der Waals surface area contributed by atoms with Gasteiger partial charge in [0.1, 0.15) is 0 Å². The molecule has 2 fully saturated rings. The molecule has 0 spiro atoms. The Balaban J connectivity index is 1.37. The SMILES string of the molecule is COc1ccc(C(=O)N2CCN(c3ccc(N4CCCCC4C)nn3)CC2)cc1OC. The molecule has 0 aliphatic carbocycles. The summed E-state index contributed by atoms with van der Waals surface area (Å²) < 4.78 is 10.6. The molecule has 1 aromatic carbocycles. The van der Waals surface area contributed by atoms with Gasteiger partial charge in [0.15, 0.2) is 23.1 Å². The molecule has 166 valence electrons. The molecule has 3 heterocycles. The van der Waals surface area contributed by atoms with Gasteiger partial charge in [0.2, 0.25) is 0 Å². The van der Waals surface area contributed by atoms with Gasteiger partial charge >= 0.3 is 0 Å². The van der Waals surface area contributed by atoms with Gasteiger partial charge in [-0.2, -0.15) is 0 Å². The van der Waals surface area contributed by atoms with Crippen LogP contribution in [0.4, 0.5) is 11.6 Å². The molecule has 0 bridgehead atoms. The lowest BCUT2D eigenvalue weighted by atomic mass is 10.0. The first kappa shape index (κ1) is 21.2. The summed E-state index contributed by atoms with van der Waals surface area (Å²) in [5, 5.41) is 8.98. The number of anilines is 2. The van der Waals surface area contributed by atoms with E-state index in [1.807, 2.05) is 4.90 Å². The fourth-order valence-corrected chi connectivity index (χ4v) is 4.37. The van der Waals surface area contributed by atoms with Crippen molar-refractivity contribution in [3.8, 4) is 11.5 Å². The molecule has 0 saturated carbocycles. The summed E-state index contributed by atoms with van der Waals surface area (Å²) in [6.45, 7) is 6.04. The van der Waals surface area contributed by atoms with E-state index in [9.17, 15) is 4.79 Å².